The molecule has 0 saturated heterocycles. The minimum absolute atomic E-state index is 0.137. The van der Waals surface area contributed by atoms with Crippen LogP contribution in [-0.4, -0.2) is 33.5 Å². The van der Waals surface area contributed by atoms with Crippen molar-refractivity contribution in [1.29, 1.82) is 0 Å². The molecule has 3 N–H and O–H groups in total. The fourth-order valence-corrected chi connectivity index (χ4v) is 5.22. The van der Waals surface area contributed by atoms with Gasteiger partial charge in [0.2, 0.25) is 0 Å². The van der Waals surface area contributed by atoms with Crippen LogP contribution in [-0.2, 0) is 4.79 Å². The Bertz CT molecular complexity index is 539. The summed E-state index contributed by atoms with van der Waals surface area (Å²) in [6.45, 7) is 4.36. The second-order valence-electron chi connectivity index (χ2n) is 8.93. The molecule has 0 aliphatic heterocycles. The largest absolute Gasteiger partial charge is 0.481 e. The minimum atomic E-state index is -0.728. The Kier molecular flexibility index (Phi) is 9.73. The Hall–Kier alpha value is -1.13. The maximum Gasteiger partial charge on any atom is 0.303 e. The van der Waals surface area contributed by atoms with E-state index in [1.165, 1.54) is 5.57 Å². The van der Waals surface area contributed by atoms with Gasteiger partial charge in [0.15, 0.2) is 0 Å². The van der Waals surface area contributed by atoms with E-state index in [4.69, 9.17) is 5.11 Å². The van der Waals surface area contributed by atoms with Gasteiger partial charge in [-0.2, -0.15) is 0 Å². The van der Waals surface area contributed by atoms with Crippen LogP contribution in [0.1, 0.15) is 84.5 Å². The maximum atomic E-state index is 10.7. The third-order valence-electron chi connectivity index (χ3n) is 6.74. The first-order valence-corrected chi connectivity index (χ1v) is 11.4. The number of aliphatic hydroxyl groups is 2. The lowest BCUT2D eigenvalue weighted by molar-refractivity contribution is -0.137. The zero-order valence-corrected chi connectivity index (χ0v) is 17.7. The third kappa shape index (κ3) is 6.73. The van der Waals surface area contributed by atoms with Gasteiger partial charge in [-0.1, -0.05) is 56.9 Å². The average Bonchev–Trinajstić information content (AvgIpc) is 3.16. The van der Waals surface area contributed by atoms with E-state index >= 15 is 0 Å². The van der Waals surface area contributed by atoms with Crippen molar-refractivity contribution in [3.8, 4) is 0 Å². The lowest BCUT2D eigenvalue weighted by Gasteiger charge is -2.22. The van der Waals surface area contributed by atoms with Crippen molar-refractivity contribution in [3.63, 3.8) is 0 Å². The van der Waals surface area contributed by atoms with E-state index in [-0.39, 0.29) is 18.4 Å². The van der Waals surface area contributed by atoms with Crippen LogP contribution in [0.2, 0.25) is 0 Å². The van der Waals surface area contributed by atoms with Crippen LogP contribution in [0.4, 0.5) is 0 Å². The third-order valence-corrected chi connectivity index (χ3v) is 6.74. The number of aliphatic hydroxyl groups excluding tert-OH is 2. The first kappa shape index (κ1) is 23.2. The molecule has 0 radical (unpaired) electrons. The Balaban J connectivity index is 1.91. The molecule has 0 aromatic rings. The SMILES string of the molecule is CCCCC(CCC)[C@@H](O)C=C[C@@H]1[C@H]2CC(=CCCCC(=O)O)C[C@@H]2C[C@H]1O. The highest BCUT2D eigenvalue weighted by atomic mass is 16.4. The number of carbonyl (C=O) groups is 1. The van der Waals surface area contributed by atoms with Crippen LogP contribution < -0.4 is 0 Å². The van der Waals surface area contributed by atoms with Gasteiger partial charge in [0.25, 0.3) is 0 Å². The van der Waals surface area contributed by atoms with Crippen LogP contribution >= 0.6 is 0 Å². The number of hydrogen-bond donors (Lipinski definition) is 3. The number of hydrogen-bond acceptors (Lipinski definition) is 3. The highest BCUT2D eigenvalue weighted by Crippen LogP contribution is 2.50. The summed E-state index contributed by atoms with van der Waals surface area (Å²) < 4.78 is 0. The second kappa shape index (κ2) is 11.8. The smallest absolute Gasteiger partial charge is 0.303 e. The zero-order chi connectivity index (χ0) is 20.5. The number of carboxylic acid groups (broad SMARTS) is 1. The first-order valence-electron chi connectivity index (χ1n) is 11.4. The molecule has 4 heteroatoms. The van der Waals surface area contributed by atoms with Crippen LogP contribution in [0.3, 0.4) is 0 Å². The molecule has 6 atom stereocenters. The van der Waals surface area contributed by atoms with Gasteiger partial charge in [-0.05, 0) is 62.7 Å². The Morgan fingerprint density at radius 2 is 1.96 bits per heavy atom. The Morgan fingerprint density at radius 3 is 2.64 bits per heavy atom. The summed E-state index contributed by atoms with van der Waals surface area (Å²) in [5, 5.41) is 29.9. The van der Waals surface area contributed by atoms with Crippen LogP contribution in [0.15, 0.2) is 23.8 Å². The van der Waals surface area contributed by atoms with Gasteiger partial charge in [-0.25, -0.2) is 0 Å². The second-order valence-corrected chi connectivity index (χ2v) is 8.93. The van der Waals surface area contributed by atoms with Gasteiger partial charge < -0.3 is 15.3 Å². The predicted molar refractivity (Wildman–Crippen MR) is 113 cm³/mol. The molecule has 0 heterocycles. The molecule has 2 saturated carbocycles. The van der Waals surface area contributed by atoms with E-state index in [0.717, 1.165) is 57.8 Å². The Labute approximate surface area is 170 Å². The van der Waals surface area contributed by atoms with Gasteiger partial charge in [-0.3, -0.25) is 4.79 Å². The quantitative estimate of drug-likeness (QED) is 0.319. The van der Waals surface area contributed by atoms with Crippen molar-refractivity contribution in [2.75, 3.05) is 0 Å². The molecule has 2 rings (SSSR count). The van der Waals surface area contributed by atoms with Gasteiger partial charge in [-0.15, -0.1) is 0 Å². The first-order chi connectivity index (χ1) is 13.5. The van der Waals surface area contributed by atoms with Crippen LogP contribution in [0.5, 0.6) is 0 Å². The number of fused-ring (bicyclic) bond motifs is 1. The highest BCUT2D eigenvalue weighted by molar-refractivity contribution is 5.66. The van der Waals surface area contributed by atoms with E-state index in [9.17, 15) is 15.0 Å². The number of aliphatic carboxylic acids is 1. The summed E-state index contributed by atoms with van der Waals surface area (Å²) in [5.74, 6) is 0.721. The molecule has 160 valence electrons. The molecule has 0 aromatic carbocycles. The Morgan fingerprint density at radius 1 is 1.18 bits per heavy atom. The number of unbranched alkanes of at least 4 members (excludes halogenated alkanes) is 2. The fourth-order valence-electron chi connectivity index (χ4n) is 5.22. The monoisotopic (exact) mass is 392 g/mol. The normalized spacial score (nSPS) is 30.8. The van der Waals surface area contributed by atoms with E-state index in [1.807, 2.05) is 6.08 Å². The van der Waals surface area contributed by atoms with E-state index < -0.39 is 12.1 Å². The highest BCUT2D eigenvalue weighted by Gasteiger charge is 2.45. The van der Waals surface area contributed by atoms with Crippen molar-refractivity contribution in [3.05, 3.63) is 23.8 Å². The maximum absolute atomic E-state index is 10.7. The molecule has 4 nitrogen and oxygen atoms in total. The summed E-state index contributed by atoms with van der Waals surface area (Å²) in [6, 6.07) is 0. The van der Waals surface area contributed by atoms with Crippen LogP contribution in [0, 0.1) is 23.7 Å². The van der Waals surface area contributed by atoms with Gasteiger partial charge >= 0.3 is 5.97 Å². The topological polar surface area (TPSA) is 77.8 Å². The lowest BCUT2D eigenvalue weighted by Crippen LogP contribution is -2.21. The molecule has 1 unspecified atom stereocenters. The number of carboxylic acids is 1. The molecule has 2 aliphatic carbocycles. The summed E-state index contributed by atoms with van der Waals surface area (Å²) in [7, 11) is 0. The number of allylic oxidation sites excluding steroid dienone is 2. The molecule has 2 aliphatic rings. The molecular weight excluding hydrogens is 352 g/mol. The van der Waals surface area contributed by atoms with E-state index in [0.29, 0.717) is 24.2 Å². The lowest BCUT2D eigenvalue weighted by atomic mass is 9.87. The standard InChI is InChI=1S/C24H40O4/c1-3-5-10-18(8-4-2)22(25)13-12-20-21-15-17(9-6-7-11-24(27)28)14-19(21)16-23(20)26/h9,12-13,18-23,25-26H,3-8,10-11,14-16H2,1-2H3,(H,27,28)/t18?,19-,20-,21+,22+,23-/m1/s1. The number of rotatable bonds is 12. The fraction of sp³-hybridized carbons (Fsp3) is 0.792. The van der Waals surface area contributed by atoms with E-state index in [1.54, 1.807) is 0 Å². The minimum Gasteiger partial charge on any atom is -0.481 e. The zero-order valence-electron chi connectivity index (χ0n) is 17.7. The summed E-state index contributed by atoms with van der Waals surface area (Å²) >= 11 is 0. The van der Waals surface area contributed by atoms with Crippen molar-refractivity contribution >= 4 is 5.97 Å². The molecule has 0 amide bonds. The predicted octanol–water partition coefficient (Wildman–Crippen LogP) is 5.10. The van der Waals surface area contributed by atoms with Gasteiger partial charge in [0.1, 0.15) is 0 Å². The average molecular weight is 393 g/mol. The van der Waals surface area contributed by atoms with Crippen molar-refractivity contribution in [1.82, 2.24) is 0 Å². The molecule has 28 heavy (non-hydrogen) atoms. The van der Waals surface area contributed by atoms with Crippen molar-refractivity contribution in [2.45, 2.75) is 96.7 Å². The summed E-state index contributed by atoms with van der Waals surface area (Å²) in [6.07, 6.45) is 15.7. The molecular formula is C24H40O4. The van der Waals surface area contributed by atoms with Crippen LogP contribution in [0.25, 0.3) is 0 Å². The molecule has 0 bridgehead atoms. The molecule has 0 spiro atoms. The van der Waals surface area contributed by atoms with Crippen molar-refractivity contribution < 1.29 is 20.1 Å². The van der Waals surface area contributed by atoms with Gasteiger partial charge in [0.05, 0.1) is 12.2 Å². The van der Waals surface area contributed by atoms with Crippen molar-refractivity contribution in [2.24, 2.45) is 23.7 Å². The molecule has 0 aromatic heterocycles. The molecule has 2 fully saturated rings. The summed E-state index contributed by atoms with van der Waals surface area (Å²) in [4.78, 5) is 10.6. The summed E-state index contributed by atoms with van der Waals surface area (Å²) in [5.41, 5.74) is 1.43. The van der Waals surface area contributed by atoms with E-state index in [2.05, 4.69) is 26.0 Å². The van der Waals surface area contributed by atoms with Gasteiger partial charge in [0, 0.05) is 12.3 Å².